The number of rotatable bonds is 0. The van der Waals surface area contributed by atoms with Crippen LogP contribution in [0, 0.1) is 0 Å². The van der Waals surface area contributed by atoms with E-state index >= 15 is 0 Å². The van der Waals surface area contributed by atoms with Gasteiger partial charge in [-0.1, -0.05) is 154 Å². The topological polar surface area (TPSA) is 31.4 Å². The summed E-state index contributed by atoms with van der Waals surface area (Å²) in [6, 6.07) is 49.4. The van der Waals surface area contributed by atoms with Crippen LogP contribution in [0.25, 0.3) is 0 Å². The molecule has 0 unspecified atom stereocenters. The lowest BCUT2D eigenvalue weighted by molar-refractivity contribution is 0.489. The van der Waals surface area contributed by atoms with Gasteiger partial charge in [0, 0.05) is 44.3 Å². The molecule has 7 aromatic rings. The van der Waals surface area contributed by atoms with Gasteiger partial charge in [0.15, 0.2) is 0 Å². The molecule has 64 heavy (non-hydrogen) atoms. The molecule has 7 aromatic carbocycles. The number of anilines is 8. The van der Waals surface area contributed by atoms with Gasteiger partial charge in [0.25, 0.3) is 0 Å². The molecule has 8 heteroatoms. The van der Waals surface area contributed by atoms with Crippen molar-refractivity contribution in [1.29, 1.82) is 0 Å². The van der Waals surface area contributed by atoms with Gasteiger partial charge in [0.05, 0.1) is 34.1 Å². The number of nitrogens with zero attached hydrogens (tertiary/aromatic N) is 4. The second-order valence-corrected chi connectivity index (χ2v) is 21.8. The van der Waals surface area contributed by atoms with Crippen LogP contribution in [-0.2, 0) is 21.7 Å². The number of fused-ring (bicyclic) bond motifs is 20. The predicted octanol–water partition coefficient (Wildman–Crippen LogP) is 13.1. The summed E-state index contributed by atoms with van der Waals surface area (Å²) in [6.07, 6.45) is 0. The molecule has 6 nitrogen and oxygen atoms in total. The first-order valence-electron chi connectivity index (χ1n) is 23.0. The number of ether oxygens (including phenoxy) is 2. The maximum atomic E-state index is 7.02. The standard InChI is InChI=1S/C56H52B2N4O2/c1-53(2,3)33-27-29-39-35(31-33)55(7,8)47-49-52(62-42-22-14-18-26-46(42)63-43-23-15-11-19-37(43)57(62)59(39)49)48-50-51(47)61-41-21-13-17-25-45(41)64-44-24-16-12-20-38(44)58(61)60(50)40-30-28-34(54(4,5)6)32-36(40)56(48,9)10/h11-32H,1-10H3. The van der Waals surface area contributed by atoms with Gasteiger partial charge in [0.1, 0.15) is 23.0 Å². The lowest BCUT2D eigenvalue weighted by Crippen LogP contribution is -2.55. The first-order chi connectivity index (χ1) is 30.6. The van der Waals surface area contributed by atoms with Crippen molar-refractivity contribution >= 4 is 70.4 Å². The summed E-state index contributed by atoms with van der Waals surface area (Å²) in [7, 11) is 0. The molecular formula is C56H52B2N4O2. The van der Waals surface area contributed by atoms with E-state index in [-0.39, 0.29) is 24.8 Å². The van der Waals surface area contributed by atoms with Gasteiger partial charge in [-0.3, -0.25) is 0 Å². The van der Waals surface area contributed by atoms with Gasteiger partial charge in [-0.15, -0.1) is 0 Å². The van der Waals surface area contributed by atoms with Crippen LogP contribution in [0.2, 0.25) is 0 Å². The van der Waals surface area contributed by atoms with Gasteiger partial charge in [-0.25, -0.2) is 0 Å². The molecule has 6 heterocycles. The van der Waals surface area contributed by atoms with E-state index in [1.165, 1.54) is 67.5 Å². The Bertz CT molecular complexity index is 3000. The summed E-state index contributed by atoms with van der Waals surface area (Å²) in [4.78, 5) is 10.7. The Morgan fingerprint density at radius 3 is 1.09 bits per heavy atom. The maximum absolute atomic E-state index is 7.02. The lowest BCUT2D eigenvalue weighted by atomic mass is 9.61. The van der Waals surface area contributed by atoms with Crippen molar-refractivity contribution in [3.05, 3.63) is 167 Å². The maximum Gasteiger partial charge on any atom is 0.424 e. The first kappa shape index (κ1) is 38.0. The Morgan fingerprint density at radius 2 is 0.719 bits per heavy atom. The molecule has 0 saturated carbocycles. The molecule has 0 atom stereocenters. The Hall–Kier alpha value is -6.53. The SMILES string of the molecule is CC(C)(C)c1ccc2c(c1)C(C)(C)c1c3c4c(c5c1N2B1c2ccccc2Oc2ccccc2N15)C(C)(C)c1cc(C(C)(C)C)ccc1N4B1c2ccccc2Oc2ccccc2N13. The van der Waals surface area contributed by atoms with Crippen molar-refractivity contribution in [2.24, 2.45) is 0 Å². The molecule has 6 aliphatic rings. The van der Waals surface area contributed by atoms with Gasteiger partial charge in [0.2, 0.25) is 0 Å². The Balaban J connectivity index is 1.26. The number of para-hydroxylation sites is 6. The van der Waals surface area contributed by atoms with Crippen molar-refractivity contribution in [3.63, 3.8) is 0 Å². The quantitative estimate of drug-likeness (QED) is 0.142. The smallest absolute Gasteiger partial charge is 0.424 e. The van der Waals surface area contributed by atoms with Gasteiger partial charge in [-0.05, 0) is 81.6 Å². The summed E-state index contributed by atoms with van der Waals surface area (Å²) in [5, 5.41) is 0. The number of benzene rings is 7. The largest absolute Gasteiger partial charge is 0.456 e. The fourth-order valence-corrected chi connectivity index (χ4v) is 12.1. The zero-order chi connectivity index (χ0) is 44.0. The average Bonchev–Trinajstić information content (AvgIpc) is 3.68. The third-order valence-electron chi connectivity index (χ3n) is 15.3. The Morgan fingerprint density at radius 1 is 0.391 bits per heavy atom. The highest BCUT2D eigenvalue weighted by molar-refractivity contribution is 6.87. The van der Waals surface area contributed by atoms with Crippen molar-refractivity contribution in [2.45, 2.75) is 90.9 Å². The predicted molar refractivity (Wildman–Crippen MR) is 266 cm³/mol. The van der Waals surface area contributed by atoms with E-state index in [4.69, 9.17) is 9.47 Å². The molecule has 0 spiro atoms. The van der Waals surface area contributed by atoms with Crippen LogP contribution in [0.3, 0.4) is 0 Å². The fraction of sp³-hybridized carbons (Fsp3) is 0.250. The van der Waals surface area contributed by atoms with E-state index in [0.717, 1.165) is 45.3 Å². The molecule has 314 valence electrons. The normalized spacial score (nSPS) is 17.2. The summed E-state index contributed by atoms with van der Waals surface area (Å²) in [5.74, 6) is 3.48. The summed E-state index contributed by atoms with van der Waals surface area (Å²) in [6.45, 7) is 23.4. The van der Waals surface area contributed by atoms with Crippen molar-refractivity contribution in [2.75, 3.05) is 19.2 Å². The molecule has 6 aliphatic heterocycles. The molecular weight excluding hydrogens is 782 g/mol. The highest BCUT2D eigenvalue weighted by Gasteiger charge is 2.62. The van der Waals surface area contributed by atoms with Crippen LogP contribution in [-0.4, -0.2) is 14.0 Å². The molecule has 0 aromatic heterocycles. The molecule has 0 saturated heterocycles. The highest BCUT2D eigenvalue weighted by atomic mass is 16.5. The minimum absolute atomic E-state index is 0.0474. The van der Waals surface area contributed by atoms with Gasteiger partial charge < -0.3 is 28.7 Å². The van der Waals surface area contributed by atoms with E-state index in [1.807, 2.05) is 0 Å². The second kappa shape index (κ2) is 12.2. The molecule has 13 rings (SSSR count). The van der Waals surface area contributed by atoms with E-state index < -0.39 is 10.8 Å². The monoisotopic (exact) mass is 834 g/mol. The van der Waals surface area contributed by atoms with E-state index in [0.29, 0.717) is 0 Å². The molecule has 0 N–H and O–H groups in total. The highest BCUT2D eigenvalue weighted by Crippen LogP contribution is 2.71. The van der Waals surface area contributed by atoms with Crippen LogP contribution in [0.1, 0.15) is 103 Å². The summed E-state index contributed by atoms with van der Waals surface area (Å²) < 4.78 is 14.0. The van der Waals surface area contributed by atoms with Crippen LogP contribution < -0.4 is 39.6 Å². The molecule has 0 radical (unpaired) electrons. The van der Waals surface area contributed by atoms with Crippen molar-refractivity contribution in [3.8, 4) is 23.0 Å². The van der Waals surface area contributed by atoms with Crippen molar-refractivity contribution < 1.29 is 9.47 Å². The van der Waals surface area contributed by atoms with E-state index in [9.17, 15) is 0 Å². The molecule has 0 amide bonds. The summed E-state index contributed by atoms with van der Waals surface area (Å²) in [5.41, 5.74) is 18.9. The van der Waals surface area contributed by atoms with Crippen LogP contribution >= 0.6 is 0 Å². The summed E-state index contributed by atoms with van der Waals surface area (Å²) >= 11 is 0. The number of hydrogen-bond acceptors (Lipinski definition) is 6. The van der Waals surface area contributed by atoms with E-state index in [2.05, 4.69) is 222 Å². The van der Waals surface area contributed by atoms with Crippen LogP contribution in [0.5, 0.6) is 23.0 Å². The molecule has 0 bridgehead atoms. The minimum Gasteiger partial charge on any atom is -0.456 e. The van der Waals surface area contributed by atoms with Crippen LogP contribution in [0.4, 0.5) is 45.5 Å². The zero-order valence-electron chi connectivity index (χ0n) is 38.5. The molecule has 0 aliphatic carbocycles. The lowest BCUT2D eigenvalue weighted by Gasteiger charge is -2.46. The van der Waals surface area contributed by atoms with Crippen LogP contribution in [0.15, 0.2) is 133 Å². The zero-order valence-corrected chi connectivity index (χ0v) is 38.5. The fourth-order valence-electron chi connectivity index (χ4n) is 12.1. The Labute approximate surface area is 378 Å². The third-order valence-corrected chi connectivity index (χ3v) is 15.3. The second-order valence-electron chi connectivity index (χ2n) is 21.8. The average molecular weight is 835 g/mol. The molecule has 0 fully saturated rings. The Kier molecular flexibility index (Phi) is 7.22. The van der Waals surface area contributed by atoms with Gasteiger partial charge in [-0.2, -0.15) is 0 Å². The third kappa shape index (κ3) is 4.68. The van der Waals surface area contributed by atoms with E-state index in [1.54, 1.807) is 0 Å². The number of hydrogen-bond donors (Lipinski definition) is 0. The first-order valence-corrected chi connectivity index (χ1v) is 23.0. The van der Waals surface area contributed by atoms with Gasteiger partial charge >= 0.3 is 14.0 Å². The minimum atomic E-state index is -0.440. The van der Waals surface area contributed by atoms with Crippen molar-refractivity contribution in [1.82, 2.24) is 0 Å².